The van der Waals surface area contributed by atoms with Crippen molar-refractivity contribution in [3.63, 3.8) is 0 Å². The second-order valence-electron chi connectivity index (χ2n) is 3.44. The van der Waals surface area contributed by atoms with Gasteiger partial charge in [0.05, 0.1) is 15.6 Å². The summed E-state index contributed by atoms with van der Waals surface area (Å²) >= 11 is 3.63. The van der Waals surface area contributed by atoms with E-state index in [2.05, 4.69) is 27.9 Å². The van der Waals surface area contributed by atoms with Gasteiger partial charge in [-0.05, 0) is 40.8 Å². The first-order chi connectivity index (χ1) is 8.60. The van der Waals surface area contributed by atoms with Gasteiger partial charge in [0, 0.05) is 17.1 Å². The van der Waals surface area contributed by atoms with Crippen molar-refractivity contribution in [3.05, 3.63) is 43.9 Å². The molecule has 0 aliphatic rings. The first-order valence-electron chi connectivity index (χ1n) is 4.99. The third-order valence-electron chi connectivity index (χ3n) is 2.24. The summed E-state index contributed by atoms with van der Waals surface area (Å²) in [6.45, 7) is 0. The van der Waals surface area contributed by atoms with E-state index in [1.165, 1.54) is 30.6 Å². The minimum absolute atomic E-state index is 0.151. The van der Waals surface area contributed by atoms with Crippen LogP contribution in [0.4, 0.5) is 10.1 Å². The molecule has 0 radical (unpaired) electrons. The highest BCUT2D eigenvalue weighted by Gasteiger charge is 2.10. The van der Waals surface area contributed by atoms with Crippen molar-refractivity contribution in [3.8, 4) is 5.75 Å². The molecule has 0 fully saturated rings. The van der Waals surface area contributed by atoms with E-state index >= 15 is 0 Å². The number of hydrogen-bond acceptors (Lipinski definition) is 3. The zero-order valence-electron chi connectivity index (χ0n) is 9.37. The third-order valence-corrected chi connectivity index (χ3v) is 4.03. The maximum Gasteiger partial charge on any atom is 0.256 e. The third kappa shape index (κ3) is 2.99. The Morgan fingerprint density at radius 1 is 1.44 bits per heavy atom. The number of amides is 1. The van der Waals surface area contributed by atoms with Crippen LogP contribution in [0.15, 0.2) is 29.6 Å². The number of rotatable bonds is 3. The molecule has 1 aromatic heterocycles. The molecule has 6 heteroatoms. The van der Waals surface area contributed by atoms with Gasteiger partial charge in [-0.25, -0.2) is 4.39 Å². The number of carbonyl (C=O) groups is 1. The molecule has 0 aliphatic carbocycles. The van der Waals surface area contributed by atoms with Gasteiger partial charge in [0.25, 0.3) is 5.91 Å². The molecule has 94 valence electrons. The predicted molar refractivity (Wildman–Crippen MR) is 77.9 cm³/mol. The average Bonchev–Trinajstić information content (AvgIpc) is 2.76. The minimum atomic E-state index is -0.504. The van der Waals surface area contributed by atoms with Crippen LogP contribution in [-0.2, 0) is 0 Å². The molecule has 0 spiro atoms. The SMILES string of the molecule is COc1ccc(NC(=O)c2csc(I)c2)cc1F. The van der Waals surface area contributed by atoms with Gasteiger partial charge >= 0.3 is 0 Å². The first kappa shape index (κ1) is 13.3. The number of thiophene rings is 1. The van der Waals surface area contributed by atoms with E-state index in [0.717, 1.165) is 2.88 Å². The predicted octanol–water partition coefficient (Wildman–Crippen LogP) is 3.75. The number of halogens is 2. The summed E-state index contributed by atoms with van der Waals surface area (Å²) in [5.74, 6) is -0.605. The van der Waals surface area contributed by atoms with Crippen LogP contribution >= 0.6 is 33.9 Å². The number of carbonyl (C=O) groups excluding carboxylic acids is 1. The van der Waals surface area contributed by atoms with Crippen LogP contribution < -0.4 is 10.1 Å². The van der Waals surface area contributed by atoms with E-state index in [1.807, 2.05) is 0 Å². The van der Waals surface area contributed by atoms with Gasteiger partial charge in [-0.15, -0.1) is 11.3 Å². The van der Waals surface area contributed by atoms with Gasteiger partial charge in [-0.3, -0.25) is 4.79 Å². The largest absolute Gasteiger partial charge is 0.494 e. The normalized spacial score (nSPS) is 10.2. The molecule has 18 heavy (non-hydrogen) atoms. The van der Waals surface area contributed by atoms with E-state index in [-0.39, 0.29) is 11.7 Å². The van der Waals surface area contributed by atoms with Crippen LogP contribution in [0.25, 0.3) is 0 Å². The lowest BCUT2D eigenvalue weighted by Crippen LogP contribution is -2.11. The summed E-state index contributed by atoms with van der Waals surface area (Å²) in [5, 5.41) is 4.39. The number of benzene rings is 1. The Morgan fingerprint density at radius 2 is 2.22 bits per heavy atom. The van der Waals surface area contributed by atoms with Crippen LogP contribution in [-0.4, -0.2) is 13.0 Å². The highest BCUT2D eigenvalue weighted by atomic mass is 127. The van der Waals surface area contributed by atoms with Gasteiger partial charge in [0.2, 0.25) is 0 Å². The Hall–Kier alpha value is -1.15. The van der Waals surface area contributed by atoms with E-state index in [0.29, 0.717) is 11.3 Å². The highest BCUT2D eigenvalue weighted by Crippen LogP contribution is 2.22. The summed E-state index contributed by atoms with van der Waals surface area (Å²) < 4.78 is 19.3. The fraction of sp³-hybridized carbons (Fsp3) is 0.0833. The molecule has 0 saturated carbocycles. The summed E-state index contributed by atoms with van der Waals surface area (Å²) in [7, 11) is 1.39. The van der Waals surface area contributed by atoms with E-state index in [9.17, 15) is 9.18 Å². The molecular formula is C12H9FINO2S. The van der Waals surface area contributed by atoms with Crippen LogP contribution in [0, 0.1) is 8.70 Å². The number of anilines is 1. The van der Waals surface area contributed by atoms with E-state index in [4.69, 9.17) is 4.74 Å². The van der Waals surface area contributed by atoms with Crippen molar-refractivity contribution in [2.24, 2.45) is 0 Å². The van der Waals surface area contributed by atoms with Crippen LogP contribution in [0.1, 0.15) is 10.4 Å². The lowest BCUT2D eigenvalue weighted by atomic mass is 10.2. The summed E-state index contributed by atoms with van der Waals surface area (Å²) in [4.78, 5) is 11.8. The van der Waals surface area contributed by atoms with Gasteiger partial charge in [0.1, 0.15) is 0 Å². The molecule has 2 rings (SSSR count). The lowest BCUT2D eigenvalue weighted by molar-refractivity contribution is 0.102. The molecule has 0 atom stereocenters. The maximum atomic E-state index is 13.4. The van der Waals surface area contributed by atoms with Gasteiger partial charge in [0.15, 0.2) is 11.6 Å². The van der Waals surface area contributed by atoms with Crippen LogP contribution in [0.5, 0.6) is 5.75 Å². The molecule has 0 unspecified atom stereocenters. The molecule has 1 aromatic carbocycles. The standard InChI is InChI=1S/C12H9FINO2S/c1-17-10-3-2-8(5-9(10)13)15-12(16)7-4-11(14)18-6-7/h2-6H,1H3,(H,15,16). The fourth-order valence-corrected chi connectivity index (χ4v) is 2.70. The molecule has 2 aromatic rings. The zero-order valence-corrected chi connectivity index (χ0v) is 12.3. The van der Waals surface area contributed by atoms with Gasteiger partial charge in [-0.1, -0.05) is 0 Å². The molecule has 0 aliphatic heterocycles. The second kappa shape index (κ2) is 5.66. The van der Waals surface area contributed by atoms with Crippen LogP contribution in [0.2, 0.25) is 0 Å². The van der Waals surface area contributed by atoms with Crippen molar-refractivity contribution in [1.29, 1.82) is 0 Å². The molecule has 0 saturated heterocycles. The van der Waals surface area contributed by atoms with E-state index in [1.54, 1.807) is 17.5 Å². The smallest absolute Gasteiger partial charge is 0.256 e. The minimum Gasteiger partial charge on any atom is -0.494 e. The molecule has 3 nitrogen and oxygen atoms in total. The zero-order chi connectivity index (χ0) is 13.1. The summed E-state index contributed by atoms with van der Waals surface area (Å²) in [6, 6.07) is 6.08. The molecule has 1 N–H and O–H groups in total. The summed E-state index contributed by atoms with van der Waals surface area (Å²) in [5.41, 5.74) is 0.972. The Kier molecular flexibility index (Phi) is 4.18. The topological polar surface area (TPSA) is 38.3 Å². The number of methoxy groups -OCH3 is 1. The van der Waals surface area contributed by atoms with Crippen molar-refractivity contribution in [2.75, 3.05) is 12.4 Å². The lowest BCUT2D eigenvalue weighted by Gasteiger charge is -2.06. The molecular weight excluding hydrogens is 368 g/mol. The Balaban J connectivity index is 2.14. The monoisotopic (exact) mass is 377 g/mol. The number of hydrogen-bond donors (Lipinski definition) is 1. The van der Waals surface area contributed by atoms with Gasteiger partial charge < -0.3 is 10.1 Å². The van der Waals surface area contributed by atoms with Crippen molar-refractivity contribution < 1.29 is 13.9 Å². The fourth-order valence-electron chi connectivity index (χ4n) is 1.38. The van der Waals surface area contributed by atoms with Gasteiger partial charge in [-0.2, -0.15) is 0 Å². The van der Waals surface area contributed by atoms with Crippen molar-refractivity contribution in [2.45, 2.75) is 0 Å². The molecule has 1 heterocycles. The average molecular weight is 377 g/mol. The van der Waals surface area contributed by atoms with E-state index < -0.39 is 5.82 Å². The Morgan fingerprint density at radius 3 is 2.78 bits per heavy atom. The molecule has 0 bridgehead atoms. The highest BCUT2D eigenvalue weighted by molar-refractivity contribution is 14.1. The van der Waals surface area contributed by atoms with Crippen molar-refractivity contribution >= 4 is 45.5 Å². The first-order valence-corrected chi connectivity index (χ1v) is 6.95. The van der Waals surface area contributed by atoms with Crippen molar-refractivity contribution in [1.82, 2.24) is 0 Å². The number of ether oxygens (including phenoxy) is 1. The summed E-state index contributed by atoms with van der Waals surface area (Å²) in [6.07, 6.45) is 0. The maximum absolute atomic E-state index is 13.4. The second-order valence-corrected chi connectivity index (χ2v) is 6.25. The number of nitrogens with one attached hydrogen (secondary N) is 1. The van der Waals surface area contributed by atoms with Crippen LogP contribution in [0.3, 0.4) is 0 Å². The quantitative estimate of drug-likeness (QED) is 0.828. The Bertz CT molecular complexity index is 585. The molecule has 1 amide bonds. The Labute approximate surface area is 121 Å².